The van der Waals surface area contributed by atoms with Gasteiger partial charge in [0.1, 0.15) is 5.78 Å². The standard InChI is InChI=1S/C21H32OS/c1-13-10-20(3)14(11-21(13)12-23-21)4-5-15-16-6-7-18(22)19(16,2)9-8-17(15)20/h13-17H,4-12H2,1-3H3/t13-,14-,15+,16-,17+,19+,20+,21+/m1/s1. The number of carbonyl (C=O) groups is 1. The first-order valence-electron chi connectivity index (χ1n) is 10.1. The fourth-order valence-corrected chi connectivity index (χ4v) is 9.19. The molecule has 5 rings (SSSR count). The molecule has 1 heterocycles. The van der Waals surface area contributed by atoms with Crippen molar-refractivity contribution in [3.05, 3.63) is 0 Å². The normalized spacial score (nSPS) is 61.0. The molecule has 128 valence electrons. The van der Waals surface area contributed by atoms with Crippen LogP contribution < -0.4 is 0 Å². The first-order valence-corrected chi connectivity index (χ1v) is 11.0. The van der Waals surface area contributed by atoms with Gasteiger partial charge >= 0.3 is 0 Å². The maximum absolute atomic E-state index is 12.5. The van der Waals surface area contributed by atoms with Crippen molar-refractivity contribution in [2.75, 3.05) is 5.75 Å². The average molecular weight is 333 g/mol. The molecule has 5 aliphatic rings. The van der Waals surface area contributed by atoms with E-state index in [-0.39, 0.29) is 5.41 Å². The van der Waals surface area contributed by atoms with Gasteiger partial charge in [0.2, 0.25) is 0 Å². The largest absolute Gasteiger partial charge is 0.299 e. The van der Waals surface area contributed by atoms with E-state index >= 15 is 0 Å². The Hall–Kier alpha value is 0.0200. The lowest BCUT2D eigenvalue weighted by molar-refractivity contribution is -0.141. The third-order valence-electron chi connectivity index (χ3n) is 9.53. The highest BCUT2D eigenvalue weighted by atomic mass is 32.2. The predicted molar refractivity (Wildman–Crippen MR) is 96.5 cm³/mol. The van der Waals surface area contributed by atoms with Crippen molar-refractivity contribution in [2.45, 2.75) is 76.9 Å². The summed E-state index contributed by atoms with van der Waals surface area (Å²) in [5.41, 5.74) is 0.627. The number of Topliss-reactive ketones (excluding diaryl/α,β-unsaturated/α-hetero) is 1. The van der Waals surface area contributed by atoms with Crippen molar-refractivity contribution >= 4 is 17.5 Å². The van der Waals surface area contributed by atoms with E-state index < -0.39 is 0 Å². The number of hydrogen-bond donors (Lipinski definition) is 0. The highest BCUT2D eigenvalue weighted by molar-refractivity contribution is 8.07. The Morgan fingerprint density at radius 1 is 1.04 bits per heavy atom. The van der Waals surface area contributed by atoms with E-state index in [0.29, 0.717) is 21.9 Å². The van der Waals surface area contributed by atoms with Gasteiger partial charge in [0.05, 0.1) is 0 Å². The van der Waals surface area contributed by atoms with Crippen molar-refractivity contribution < 1.29 is 4.79 Å². The predicted octanol–water partition coefficient (Wildman–Crippen LogP) is 5.33. The van der Waals surface area contributed by atoms with Crippen LogP contribution in [0.25, 0.3) is 0 Å². The number of rotatable bonds is 0. The lowest BCUT2D eigenvalue weighted by Gasteiger charge is -2.61. The Balaban J connectivity index is 1.47. The van der Waals surface area contributed by atoms with Crippen molar-refractivity contribution in [1.29, 1.82) is 0 Å². The molecule has 0 bridgehead atoms. The van der Waals surface area contributed by atoms with Gasteiger partial charge in [-0.25, -0.2) is 0 Å². The zero-order valence-electron chi connectivity index (χ0n) is 15.1. The van der Waals surface area contributed by atoms with Crippen molar-refractivity contribution in [2.24, 2.45) is 40.4 Å². The molecular formula is C21H32OS. The van der Waals surface area contributed by atoms with Gasteiger partial charge in [-0.15, -0.1) is 0 Å². The van der Waals surface area contributed by atoms with Crippen molar-refractivity contribution in [3.8, 4) is 0 Å². The van der Waals surface area contributed by atoms with E-state index in [9.17, 15) is 4.79 Å². The molecule has 0 radical (unpaired) electrons. The molecule has 0 aromatic carbocycles. The highest BCUT2D eigenvalue weighted by Gasteiger charge is 2.64. The summed E-state index contributed by atoms with van der Waals surface area (Å²) in [6.07, 6.45) is 10.4. The third kappa shape index (κ3) is 1.85. The van der Waals surface area contributed by atoms with Gasteiger partial charge in [0, 0.05) is 22.3 Å². The lowest BCUT2D eigenvalue weighted by atomic mass is 9.43. The zero-order chi connectivity index (χ0) is 16.0. The summed E-state index contributed by atoms with van der Waals surface area (Å²) in [6.45, 7) is 7.51. The molecule has 0 amide bonds. The molecule has 0 unspecified atom stereocenters. The molecule has 4 saturated carbocycles. The number of thioether (sulfide) groups is 1. The van der Waals surface area contributed by atoms with E-state index in [1.807, 2.05) is 0 Å². The van der Waals surface area contributed by atoms with Crippen LogP contribution in [0.5, 0.6) is 0 Å². The Labute approximate surface area is 145 Å². The van der Waals surface area contributed by atoms with Crippen LogP contribution in [-0.4, -0.2) is 16.3 Å². The molecule has 8 atom stereocenters. The number of ketones is 1. The van der Waals surface area contributed by atoms with E-state index in [2.05, 4.69) is 32.5 Å². The summed E-state index contributed by atoms with van der Waals surface area (Å²) in [6, 6.07) is 0. The van der Waals surface area contributed by atoms with Crippen molar-refractivity contribution in [3.63, 3.8) is 0 Å². The van der Waals surface area contributed by atoms with Crippen LogP contribution in [0.4, 0.5) is 0 Å². The molecule has 1 saturated heterocycles. The lowest BCUT2D eigenvalue weighted by Crippen LogP contribution is -2.55. The molecule has 0 N–H and O–H groups in total. The van der Waals surface area contributed by atoms with Crippen LogP contribution in [-0.2, 0) is 4.79 Å². The van der Waals surface area contributed by atoms with E-state index in [1.165, 1.54) is 50.7 Å². The Morgan fingerprint density at radius 2 is 1.83 bits per heavy atom. The van der Waals surface area contributed by atoms with Crippen LogP contribution >= 0.6 is 11.8 Å². The highest BCUT2D eigenvalue weighted by Crippen LogP contribution is 2.70. The quantitative estimate of drug-likeness (QED) is 0.558. The minimum Gasteiger partial charge on any atom is -0.299 e. The van der Waals surface area contributed by atoms with Gasteiger partial charge in [0.15, 0.2) is 0 Å². The number of hydrogen-bond acceptors (Lipinski definition) is 2. The van der Waals surface area contributed by atoms with Gasteiger partial charge in [-0.2, -0.15) is 11.8 Å². The molecule has 1 spiro atoms. The maximum atomic E-state index is 12.5. The van der Waals surface area contributed by atoms with Gasteiger partial charge in [-0.05, 0) is 80.0 Å². The van der Waals surface area contributed by atoms with E-state index in [4.69, 9.17) is 0 Å². The average Bonchev–Trinajstić information content (AvgIpc) is 3.22. The molecule has 1 aliphatic heterocycles. The monoisotopic (exact) mass is 332 g/mol. The second-order valence-electron chi connectivity index (χ2n) is 10.2. The summed E-state index contributed by atoms with van der Waals surface area (Å²) in [5, 5.41) is 0. The summed E-state index contributed by atoms with van der Waals surface area (Å²) in [7, 11) is 0. The molecule has 23 heavy (non-hydrogen) atoms. The molecule has 2 heteroatoms. The number of fused-ring (bicyclic) bond motifs is 5. The molecule has 0 aromatic heterocycles. The maximum Gasteiger partial charge on any atom is 0.139 e. The van der Waals surface area contributed by atoms with E-state index in [1.54, 1.807) is 0 Å². The molecular weight excluding hydrogens is 300 g/mol. The topological polar surface area (TPSA) is 17.1 Å². The minimum absolute atomic E-state index is 0.0538. The van der Waals surface area contributed by atoms with Crippen LogP contribution in [0.15, 0.2) is 0 Å². The second-order valence-corrected chi connectivity index (χ2v) is 11.6. The fourth-order valence-electron chi connectivity index (χ4n) is 7.92. The number of carbonyl (C=O) groups excluding carboxylic acids is 1. The van der Waals surface area contributed by atoms with Crippen LogP contribution in [0.2, 0.25) is 0 Å². The summed E-state index contributed by atoms with van der Waals surface area (Å²) >= 11 is 2.25. The summed E-state index contributed by atoms with van der Waals surface area (Å²) in [4.78, 5) is 12.5. The molecule has 4 aliphatic carbocycles. The molecule has 5 fully saturated rings. The van der Waals surface area contributed by atoms with Crippen molar-refractivity contribution in [1.82, 2.24) is 0 Å². The van der Waals surface area contributed by atoms with Crippen LogP contribution in [0.3, 0.4) is 0 Å². The Bertz CT molecular complexity index is 552. The summed E-state index contributed by atoms with van der Waals surface area (Å²) < 4.78 is 0.684. The van der Waals surface area contributed by atoms with Gasteiger partial charge < -0.3 is 0 Å². The minimum atomic E-state index is 0.0538. The first kappa shape index (κ1) is 15.3. The second kappa shape index (κ2) is 4.59. The third-order valence-corrected chi connectivity index (χ3v) is 11.1. The zero-order valence-corrected chi connectivity index (χ0v) is 15.9. The Kier molecular flexibility index (Phi) is 3.05. The van der Waals surface area contributed by atoms with Crippen LogP contribution in [0.1, 0.15) is 72.1 Å². The van der Waals surface area contributed by atoms with Crippen LogP contribution in [0, 0.1) is 40.4 Å². The van der Waals surface area contributed by atoms with E-state index in [0.717, 1.165) is 30.1 Å². The molecule has 1 nitrogen and oxygen atoms in total. The smallest absolute Gasteiger partial charge is 0.139 e. The summed E-state index contributed by atoms with van der Waals surface area (Å²) in [5.74, 6) is 6.39. The fraction of sp³-hybridized carbons (Fsp3) is 0.952. The Morgan fingerprint density at radius 3 is 2.57 bits per heavy atom. The van der Waals surface area contributed by atoms with Gasteiger partial charge in [-0.1, -0.05) is 20.8 Å². The first-order chi connectivity index (χ1) is 10.9. The van der Waals surface area contributed by atoms with Gasteiger partial charge in [-0.3, -0.25) is 4.79 Å². The SMILES string of the molecule is C[C@@H]1C[C@@]2(C)[C@H](CC[C@H]3[C@H]4CCC(=O)[C@@]4(C)CC[C@@H]32)C[C@]12CS2. The molecule has 0 aromatic rings. The van der Waals surface area contributed by atoms with Gasteiger partial charge in [0.25, 0.3) is 0 Å².